The fourth-order valence-corrected chi connectivity index (χ4v) is 2.72. The molecule has 2 N–H and O–H groups in total. The Hall–Kier alpha value is -1.49. The van der Waals surface area contributed by atoms with E-state index >= 15 is 0 Å². The van der Waals surface area contributed by atoms with E-state index in [4.69, 9.17) is 5.73 Å². The number of nitrogens with zero attached hydrogens (tertiary/aromatic N) is 3. The van der Waals surface area contributed by atoms with Crippen molar-refractivity contribution >= 4 is 28.0 Å². The van der Waals surface area contributed by atoms with Gasteiger partial charge in [0.05, 0.1) is 17.4 Å². The van der Waals surface area contributed by atoms with Gasteiger partial charge in [-0.25, -0.2) is 5.01 Å². The van der Waals surface area contributed by atoms with Crippen LogP contribution in [0.25, 0.3) is 0 Å². The van der Waals surface area contributed by atoms with Crippen molar-refractivity contribution in [3.8, 4) is 0 Å². The molecule has 0 radical (unpaired) electrons. The predicted octanol–water partition coefficient (Wildman–Crippen LogP) is 2.22. The second kappa shape index (κ2) is 3.77. The van der Waals surface area contributed by atoms with Crippen LogP contribution in [0.3, 0.4) is 0 Å². The lowest BCUT2D eigenvalue weighted by atomic mass is 10.1. The summed E-state index contributed by atoms with van der Waals surface area (Å²) < 4.78 is 1.09. The van der Waals surface area contributed by atoms with Gasteiger partial charge in [0.1, 0.15) is 6.34 Å². The van der Waals surface area contributed by atoms with E-state index in [-0.39, 0.29) is 0 Å². The molecule has 3 aliphatic rings. The largest absolute Gasteiger partial charge is 0.388 e. The number of benzene rings is 1. The molecule has 0 fully saturated rings. The fourth-order valence-electron chi connectivity index (χ4n) is 2.31. The number of hydrogen-bond acceptors (Lipinski definition) is 3. The Balaban J connectivity index is 2.13. The number of anilines is 1. The Morgan fingerprint density at radius 1 is 1.53 bits per heavy atom. The Morgan fingerprint density at radius 3 is 3.06 bits per heavy atom. The molecule has 88 valence electrons. The first-order chi connectivity index (χ1) is 8.20. The zero-order valence-electron chi connectivity index (χ0n) is 9.47. The molecule has 0 aromatic heterocycles. The lowest BCUT2D eigenvalue weighted by Gasteiger charge is -2.38. The van der Waals surface area contributed by atoms with Crippen LogP contribution in [0.4, 0.5) is 5.69 Å². The molecule has 0 saturated heterocycles. The summed E-state index contributed by atoms with van der Waals surface area (Å²) in [6, 6.07) is 6.63. The molecule has 1 aromatic carbocycles. The van der Waals surface area contributed by atoms with E-state index in [1.807, 2.05) is 11.1 Å². The lowest BCUT2D eigenvalue weighted by Crippen LogP contribution is -2.42. The van der Waals surface area contributed by atoms with Gasteiger partial charge in [0.25, 0.3) is 0 Å². The first kappa shape index (κ1) is 10.7. The summed E-state index contributed by atoms with van der Waals surface area (Å²) in [6.45, 7) is 3.09. The predicted molar refractivity (Wildman–Crippen MR) is 72.4 cm³/mol. The number of hydrazone groups is 1. The molecular formula is C12H13BrN4. The molecule has 0 amide bonds. The highest BCUT2D eigenvalue weighted by atomic mass is 79.9. The Labute approximate surface area is 109 Å². The molecule has 0 saturated carbocycles. The molecule has 4 rings (SSSR count). The summed E-state index contributed by atoms with van der Waals surface area (Å²) in [4.78, 5) is 2.30. The smallest absolute Gasteiger partial charge is 0.107 e. The molecule has 3 heterocycles. The first-order valence-electron chi connectivity index (χ1n) is 5.51. The number of nitrogens with two attached hydrogens (primary N) is 1. The van der Waals surface area contributed by atoms with Gasteiger partial charge in [0, 0.05) is 17.2 Å². The molecule has 1 unspecified atom stereocenters. The van der Waals surface area contributed by atoms with E-state index in [1.165, 1.54) is 17.6 Å². The van der Waals surface area contributed by atoms with Crippen molar-refractivity contribution in [2.24, 2.45) is 10.8 Å². The van der Waals surface area contributed by atoms with Crippen LogP contribution in [0.5, 0.6) is 0 Å². The second-order valence-electron chi connectivity index (χ2n) is 4.25. The van der Waals surface area contributed by atoms with Crippen molar-refractivity contribution in [3.63, 3.8) is 0 Å². The summed E-state index contributed by atoms with van der Waals surface area (Å²) in [5, 5.41) is 6.19. The fraction of sp³-hybridized carbons (Fsp3) is 0.250. The van der Waals surface area contributed by atoms with Crippen molar-refractivity contribution in [1.82, 2.24) is 4.90 Å². The third kappa shape index (κ3) is 1.53. The van der Waals surface area contributed by atoms with Crippen LogP contribution in [0.1, 0.15) is 12.5 Å². The third-order valence-electron chi connectivity index (χ3n) is 3.27. The Kier molecular flexibility index (Phi) is 2.36. The van der Waals surface area contributed by atoms with E-state index in [1.54, 1.807) is 0 Å². The van der Waals surface area contributed by atoms with E-state index in [0.29, 0.717) is 6.04 Å². The zero-order chi connectivity index (χ0) is 12.0. The van der Waals surface area contributed by atoms with E-state index in [0.717, 1.165) is 16.7 Å². The maximum atomic E-state index is 5.44. The molecule has 0 aliphatic carbocycles. The van der Waals surface area contributed by atoms with Gasteiger partial charge in [0.15, 0.2) is 0 Å². The summed E-state index contributed by atoms with van der Waals surface area (Å²) in [7, 11) is 0. The van der Waals surface area contributed by atoms with Crippen LogP contribution in [0.2, 0.25) is 0 Å². The quantitative estimate of drug-likeness (QED) is 0.638. The van der Waals surface area contributed by atoms with Gasteiger partial charge >= 0.3 is 0 Å². The molecule has 1 atom stereocenters. The third-order valence-corrected chi connectivity index (χ3v) is 3.77. The van der Waals surface area contributed by atoms with E-state index in [2.05, 4.69) is 51.2 Å². The highest BCUT2D eigenvalue weighted by Crippen LogP contribution is 2.39. The standard InChI is InChI=1S/C12H13BrN4/c1-8-12-6-16(8)5-9-4-10(13)2-3-11(9)17(12)15-7-14/h2-4,6-8H,5H2,1H3,(H2,14,15). The van der Waals surface area contributed by atoms with Crippen LogP contribution in [-0.2, 0) is 6.54 Å². The SMILES string of the molecule is CC1C2=CN1Cc1cc(Br)ccc1N2/N=C\N. The van der Waals surface area contributed by atoms with E-state index in [9.17, 15) is 0 Å². The summed E-state index contributed by atoms with van der Waals surface area (Å²) in [5.74, 6) is 0. The molecule has 1 aromatic rings. The number of rotatable bonds is 1. The highest BCUT2D eigenvalue weighted by molar-refractivity contribution is 9.10. The van der Waals surface area contributed by atoms with Crippen LogP contribution in [0.15, 0.2) is 39.7 Å². The van der Waals surface area contributed by atoms with Gasteiger partial charge in [0.2, 0.25) is 0 Å². The van der Waals surface area contributed by atoms with Crippen molar-refractivity contribution < 1.29 is 0 Å². The Morgan fingerprint density at radius 2 is 2.35 bits per heavy atom. The summed E-state index contributed by atoms with van der Waals surface area (Å²) >= 11 is 3.51. The van der Waals surface area contributed by atoms with Crippen molar-refractivity contribution in [2.45, 2.75) is 19.5 Å². The van der Waals surface area contributed by atoms with Gasteiger partial charge in [-0.3, -0.25) is 0 Å². The first-order valence-corrected chi connectivity index (χ1v) is 6.30. The normalized spacial score (nSPS) is 22.0. The second-order valence-corrected chi connectivity index (χ2v) is 5.17. The van der Waals surface area contributed by atoms with Gasteiger partial charge in [-0.15, -0.1) is 0 Å². The number of hydrogen-bond donors (Lipinski definition) is 1. The average molecular weight is 293 g/mol. The Bertz CT molecular complexity index is 523. The monoisotopic (exact) mass is 292 g/mol. The lowest BCUT2D eigenvalue weighted by molar-refractivity contribution is 0.267. The molecular weight excluding hydrogens is 280 g/mol. The van der Waals surface area contributed by atoms with Crippen LogP contribution < -0.4 is 10.7 Å². The topological polar surface area (TPSA) is 44.9 Å². The minimum absolute atomic E-state index is 0.393. The molecule has 3 aliphatic heterocycles. The van der Waals surface area contributed by atoms with Crippen molar-refractivity contribution in [1.29, 1.82) is 0 Å². The van der Waals surface area contributed by atoms with Gasteiger partial charge in [-0.1, -0.05) is 15.9 Å². The zero-order valence-corrected chi connectivity index (χ0v) is 11.1. The summed E-state index contributed by atoms with van der Waals surface area (Å²) in [5.41, 5.74) is 8.98. The minimum Gasteiger partial charge on any atom is -0.388 e. The van der Waals surface area contributed by atoms with Crippen molar-refractivity contribution in [3.05, 3.63) is 40.1 Å². The number of halogens is 1. The van der Waals surface area contributed by atoms with Gasteiger partial charge in [-0.05, 0) is 30.7 Å². The minimum atomic E-state index is 0.393. The average Bonchev–Trinajstić information content (AvgIpc) is 2.53. The van der Waals surface area contributed by atoms with Crippen LogP contribution >= 0.6 is 15.9 Å². The molecule has 0 spiro atoms. The maximum absolute atomic E-state index is 5.44. The molecule has 17 heavy (non-hydrogen) atoms. The molecule has 4 nitrogen and oxygen atoms in total. The highest BCUT2D eigenvalue weighted by Gasteiger charge is 2.35. The van der Waals surface area contributed by atoms with Crippen LogP contribution in [0, 0.1) is 0 Å². The molecule has 2 bridgehead atoms. The van der Waals surface area contributed by atoms with Gasteiger partial charge in [-0.2, -0.15) is 5.10 Å². The van der Waals surface area contributed by atoms with Crippen LogP contribution in [-0.4, -0.2) is 17.3 Å². The maximum Gasteiger partial charge on any atom is 0.107 e. The van der Waals surface area contributed by atoms with Crippen molar-refractivity contribution in [2.75, 3.05) is 5.01 Å². The van der Waals surface area contributed by atoms with Gasteiger partial charge < -0.3 is 10.6 Å². The van der Waals surface area contributed by atoms with E-state index < -0.39 is 0 Å². The summed E-state index contributed by atoms with van der Waals surface area (Å²) in [6.07, 6.45) is 3.47. The molecule has 5 heteroatoms.